The molecule has 0 spiro atoms. The third-order valence-electron chi connectivity index (χ3n) is 7.02. The fourth-order valence-corrected chi connectivity index (χ4v) is 5.48. The van der Waals surface area contributed by atoms with Crippen LogP contribution in [0.25, 0.3) is 0 Å². The van der Waals surface area contributed by atoms with E-state index in [0.29, 0.717) is 28.7 Å². The molecule has 7 nitrogen and oxygen atoms in total. The summed E-state index contributed by atoms with van der Waals surface area (Å²) >= 11 is 12.2. The molecule has 0 radical (unpaired) electrons. The largest absolute Gasteiger partial charge is 0.371 e. The van der Waals surface area contributed by atoms with Gasteiger partial charge in [0.25, 0.3) is 11.8 Å². The van der Waals surface area contributed by atoms with Crippen molar-refractivity contribution >= 4 is 46.5 Å². The van der Waals surface area contributed by atoms with Crippen molar-refractivity contribution in [2.75, 3.05) is 49.1 Å². The minimum atomic E-state index is -0.194. The molecule has 5 rings (SSSR count). The van der Waals surface area contributed by atoms with E-state index in [2.05, 4.69) is 20.1 Å². The summed E-state index contributed by atoms with van der Waals surface area (Å²) in [7, 11) is 0. The number of nitrogens with zero attached hydrogens (tertiary/aromatic N) is 4. The van der Waals surface area contributed by atoms with Gasteiger partial charge in [0.1, 0.15) is 5.82 Å². The molecule has 3 heterocycles. The maximum atomic E-state index is 13.5. The highest BCUT2D eigenvalue weighted by Gasteiger charge is 2.28. The van der Waals surface area contributed by atoms with Gasteiger partial charge in [-0.15, -0.1) is 0 Å². The van der Waals surface area contributed by atoms with Crippen molar-refractivity contribution in [2.24, 2.45) is 0 Å². The van der Waals surface area contributed by atoms with Gasteiger partial charge in [-0.05, 0) is 55.3 Å². The Balaban J connectivity index is 1.19. The lowest BCUT2D eigenvalue weighted by molar-refractivity contribution is 0.0747. The maximum absolute atomic E-state index is 13.5. The molecule has 192 valence electrons. The van der Waals surface area contributed by atoms with Crippen molar-refractivity contribution in [1.82, 2.24) is 15.2 Å². The molecule has 0 unspecified atom stereocenters. The van der Waals surface area contributed by atoms with Crippen LogP contribution in [0.4, 0.5) is 11.5 Å². The number of rotatable bonds is 5. The molecule has 2 aliphatic heterocycles. The molecule has 37 heavy (non-hydrogen) atoms. The average Bonchev–Trinajstić information content (AvgIpc) is 2.93. The van der Waals surface area contributed by atoms with E-state index in [4.69, 9.17) is 23.2 Å². The van der Waals surface area contributed by atoms with Crippen molar-refractivity contribution in [2.45, 2.75) is 18.9 Å². The Morgan fingerprint density at radius 1 is 0.811 bits per heavy atom. The van der Waals surface area contributed by atoms with E-state index in [9.17, 15) is 9.59 Å². The van der Waals surface area contributed by atoms with Crippen LogP contribution in [0.5, 0.6) is 0 Å². The predicted molar refractivity (Wildman–Crippen MR) is 148 cm³/mol. The molecule has 9 heteroatoms. The SMILES string of the molecule is O=C(NC1CCN(c2ccccc2C(=O)N2CCN(c3ccccn3)CC2)CC1)c1ccc(Cl)cc1Cl. The van der Waals surface area contributed by atoms with Crippen LogP contribution >= 0.6 is 23.2 Å². The first-order chi connectivity index (χ1) is 18.0. The number of anilines is 2. The Bertz CT molecular complexity index is 1260. The van der Waals surface area contributed by atoms with Crippen LogP contribution in [0.1, 0.15) is 33.6 Å². The number of carbonyl (C=O) groups excluding carboxylic acids is 2. The average molecular weight is 538 g/mol. The third-order valence-corrected chi connectivity index (χ3v) is 7.57. The molecular formula is C28H29Cl2N5O2. The van der Waals surface area contributed by atoms with Gasteiger partial charge in [-0.2, -0.15) is 0 Å². The number of hydrogen-bond donors (Lipinski definition) is 1. The van der Waals surface area contributed by atoms with E-state index < -0.39 is 0 Å². The topological polar surface area (TPSA) is 68.8 Å². The summed E-state index contributed by atoms with van der Waals surface area (Å²) < 4.78 is 0. The fourth-order valence-electron chi connectivity index (χ4n) is 4.98. The number of benzene rings is 2. The van der Waals surface area contributed by atoms with Crippen molar-refractivity contribution in [3.05, 3.63) is 88.0 Å². The molecule has 2 fully saturated rings. The number of piperidine rings is 1. The Labute approximate surface area is 227 Å². The van der Waals surface area contributed by atoms with Crippen LogP contribution in [0.2, 0.25) is 10.0 Å². The second-order valence-electron chi connectivity index (χ2n) is 9.34. The first-order valence-electron chi connectivity index (χ1n) is 12.5. The number of piperazine rings is 1. The van der Waals surface area contributed by atoms with E-state index in [0.717, 1.165) is 56.1 Å². The van der Waals surface area contributed by atoms with Crippen molar-refractivity contribution in [3.8, 4) is 0 Å². The molecule has 0 aliphatic carbocycles. The summed E-state index contributed by atoms with van der Waals surface area (Å²) in [5.41, 5.74) is 2.10. The molecule has 2 amide bonds. The first kappa shape index (κ1) is 25.4. The molecule has 0 bridgehead atoms. The van der Waals surface area contributed by atoms with Gasteiger partial charge in [-0.1, -0.05) is 41.4 Å². The lowest BCUT2D eigenvalue weighted by atomic mass is 10.0. The number of carbonyl (C=O) groups is 2. The second-order valence-corrected chi connectivity index (χ2v) is 10.2. The van der Waals surface area contributed by atoms with Crippen LogP contribution in [-0.2, 0) is 0 Å². The summed E-state index contributed by atoms with van der Waals surface area (Å²) in [6.07, 6.45) is 3.36. The summed E-state index contributed by atoms with van der Waals surface area (Å²) in [5.74, 6) is 0.813. The Morgan fingerprint density at radius 3 is 2.24 bits per heavy atom. The monoisotopic (exact) mass is 537 g/mol. The lowest BCUT2D eigenvalue weighted by Gasteiger charge is -2.37. The zero-order valence-electron chi connectivity index (χ0n) is 20.4. The normalized spacial score (nSPS) is 16.5. The van der Waals surface area contributed by atoms with Crippen LogP contribution in [0.3, 0.4) is 0 Å². The predicted octanol–water partition coefficient (Wildman–Crippen LogP) is 4.75. The number of halogens is 2. The minimum Gasteiger partial charge on any atom is -0.371 e. The Morgan fingerprint density at radius 2 is 1.54 bits per heavy atom. The molecular weight excluding hydrogens is 509 g/mol. The molecule has 2 aromatic carbocycles. The van der Waals surface area contributed by atoms with Gasteiger partial charge in [-0.25, -0.2) is 4.98 Å². The number of para-hydroxylation sites is 1. The zero-order valence-corrected chi connectivity index (χ0v) is 22.0. The molecule has 3 aromatic rings. The number of pyridine rings is 1. The zero-order chi connectivity index (χ0) is 25.8. The minimum absolute atomic E-state index is 0.0398. The second kappa shape index (κ2) is 11.4. The lowest BCUT2D eigenvalue weighted by Crippen LogP contribution is -2.49. The van der Waals surface area contributed by atoms with Gasteiger partial charge in [0, 0.05) is 62.2 Å². The molecule has 1 aromatic heterocycles. The van der Waals surface area contributed by atoms with Crippen molar-refractivity contribution in [1.29, 1.82) is 0 Å². The fraction of sp³-hybridized carbons (Fsp3) is 0.321. The highest BCUT2D eigenvalue weighted by atomic mass is 35.5. The summed E-state index contributed by atoms with van der Waals surface area (Å²) in [6, 6.07) is 18.6. The van der Waals surface area contributed by atoms with Gasteiger partial charge in [0.15, 0.2) is 0 Å². The standard InChI is InChI=1S/C28H29Cl2N5O2/c29-20-8-9-22(24(30)19-20)27(36)32-21-10-13-33(14-11-21)25-6-2-1-5-23(25)28(37)35-17-15-34(16-18-35)26-7-3-4-12-31-26/h1-9,12,19,21H,10-11,13-18H2,(H,32,36). The van der Waals surface area contributed by atoms with Crippen LogP contribution in [0.15, 0.2) is 66.9 Å². The number of hydrogen-bond acceptors (Lipinski definition) is 5. The maximum Gasteiger partial charge on any atom is 0.256 e. The summed E-state index contributed by atoms with van der Waals surface area (Å²) in [4.78, 5) is 37.1. The summed E-state index contributed by atoms with van der Waals surface area (Å²) in [5, 5.41) is 3.94. The molecule has 0 atom stereocenters. The van der Waals surface area contributed by atoms with E-state index >= 15 is 0 Å². The van der Waals surface area contributed by atoms with Crippen molar-refractivity contribution < 1.29 is 9.59 Å². The number of nitrogens with one attached hydrogen (secondary N) is 1. The van der Waals surface area contributed by atoms with Gasteiger partial charge in [-0.3, -0.25) is 9.59 Å². The van der Waals surface area contributed by atoms with Crippen LogP contribution in [0, 0.1) is 0 Å². The quantitative estimate of drug-likeness (QED) is 0.508. The molecule has 1 N–H and O–H groups in total. The Hall–Kier alpha value is -3.29. The van der Waals surface area contributed by atoms with Gasteiger partial charge >= 0.3 is 0 Å². The van der Waals surface area contributed by atoms with E-state index in [1.54, 1.807) is 24.4 Å². The Kier molecular flexibility index (Phi) is 7.82. The summed E-state index contributed by atoms with van der Waals surface area (Å²) in [6.45, 7) is 4.32. The first-order valence-corrected chi connectivity index (χ1v) is 13.3. The molecule has 2 aliphatic rings. The van der Waals surface area contributed by atoms with E-state index in [1.165, 1.54) is 0 Å². The van der Waals surface area contributed by atoms with E-state index in [-0.39, 0.29) is 17.9 Å². The number of amides is 2. The van der Waals surface area contributed by atoms with Gasteiger partial charge < -0.3 is 20.0 Å². The smallest absolute Gasteiger partial charge is 0.256 e. The number of aromatic nitrogens is 1. The third kappa shape index (κ3) is 5.84. The molecule has 2 saturated heterocycles. The van der Waals surface area contributed by atoms with Gasteiger partial charge in [0.05, 0.1) is 16.1 Å². The van der Waals surface area contributed by atoms with Gasteiger partial charge in [0.2, 0.25) is 0 Å². The van der Waals surface area contributed by atoms with E-state index in [1.807, 2.05) is 47.4 Å². The van der Waals surface area contributed by atoms with Crippen molar-refractivity contribution in [3.63, 3.8) is 0 Å². The highest BCUT2D eigenvalue weighted by molar-refractivity contribution is 6.36. The highest BCUT2D eigenvalue weighted by Crippen LogP contribution is 2.27. The van der Waals surface area contributed by atoms with Crippen LogP contribution < -0.4 is 15.1 Å². The van der Waals surface area contributed by atoms with Crippen LogP contribution in [-0.4, -0.2) is 67.0 Å². The molecule has 0 saturated carbocycles.